The first-order valence-electron chi connectivity index (χ1n) is 17.7. The van der Waals surface area contributed by atoms with Crippen molar-refractivity contribution in [3.05, 3.63) is 95.1 Å². The van der Waals surface area contributed by atoms with Crippen molar-refractivity contribution in [3.8, 4) is 5.75 Å². The van der Waals surface area contributed by atoms with E-state index in [0.717, 1.165) is 80.5 Å². The molecule has 6 N–H and O–H groups in total. The number of nitrogens with two attached hydrogens (primary N) is 1. The van der Waals surface area contributed by atoms with Gasteiger partial charge in [-0.3, -0.25) is 39.7 Å². The minimum atomic E-state index is -0.974. The van der Waals surface area contributed by atoms with Gasteiger partial charge in [0.05, 0.1) is 16.8 Å². The van der Waals surface area contributed by atoms with Crippen molar-refractivity contribution in [2.45, 2.75) is 31.7 Å². The lowest BCUT2D eigenvalue weighted by Crippen LogP contribution is -2.54. The summed E-state index contributed by atoms with van der Waals surface area (Å²) < 4.78 is 0. The molecule has 4 aliphatic heterocycles. The molecular formula is C39H42N8O5. The maximum atomic E-state index is 13.3. The Labute approximate surface area is 301 Å². The zero-order chi connectivity index (χ0) is 36.5. The second-order valence-electron chi connectivity index (χ2n) is 13.8. The predicted octanol–water partition coefficient (Wildman–Crippen LogP) is 3.22. The number of imide groups is 2. The number of hydrogen-bond donors (Lipinski definition) is 5. The van der Waals surface area contributed by atoms with Gasteiger partial charge in [0, 0.05) is 74.7 Å². The number of phenolic OH excluding ortho intramolecular Hbond substituents is 1. The molecule has 0 radical (unpaired) electrons. The number of amides is 4. The fraction of sp³-hybridized carbons (Fsp3) is 0.333. The molecule has 13 nitrogen and oxygen atoms in total. The highest BCUT2D eigenvalue weighted by Crippen LogP contribution is 2.32. The number of para-hydroxylation sites is 1. The number of carbonyl (C=O) groups is 4. The van der Waals surface area contributed by atoms with Gasteiger partial charge in [-0.15, -0.1) is 0 Å². The minimum absolute atomic E-state index is 0.00353. The molecule has 0 aliphatic carbocycles. The molecule has 4 aliphatic rings. The van der Waals surface area contributed by atoms with Crippen molar-refractivity contribution < 1.29 is 24.3 Å². The van der Waals surface area contributed by atoms with Gasteiger partial charge in [0.1, 0.15) is 17.6 Å². The zero-order valence-electron chi connectivity index (χ0n) is 28.8. The van der Waals surface area contributed by atoms with Gasteiger partial charge < -0.3 is 26.0 Å². The molecule has 1 unspecified atom stereocenters. The van der Waals surface area contributed by atoms with Crippen LogP contribution in [0.4, 0.5) is 11.4 Å². The summed E-state index contributed by atoms with van der Waals surface area (Å²) in [6, 6.07) is 18.9. The number of rotatable bonds is 9. The first kappa shape index (κ1) is 34.6. The van der Waals surface area contributed by atoms with Crippen LogP contribution in [-0.2, 0) is 9.59 Å². The SMILES string of the molecule is N=C(N)/C(=C\C(=N)c1ccccc1O)c1ccc(N2CCC(CN3CCN(c4ccc5c(c4)C(=O)N(C4CCC(=O)NC4=O)C5=O)CC3)CC2)cc1. The number of phenols is 1. The number of piperidine rings is 2. The van der Waals surface area contributed by atoms with E-state index >= 15 is 0 Å². The summed E-state index contributed by atoms with van der Waals surface area (Å²) in [6.07, 6.45) is 3.89. The molecular weight excluding hydrogens is 660 g/mol. The highest BCUT2D eigenvalue weighted by molar-refractivity contribution is 6.27. The topological polar surface area (TPSA) is 187 Å². The number of benzene rings is 3. The van der Waals surface area contributed by atoms with Gasteiger partial charge in [0.15, 0.2) is 0 Å². The van der Waals surface area contributed by atoms with E-state index in [1.807, 2.05) is 30.3 Å². The summed E-state index contributed by atoms with van der Waals surface area (Å²) in [4.78, 5) is 58.5. The van der Waals surface area contributed by atoms with Crippen LogP contribution in [0.3, 0.4) is 0 Å². The second kappa shape index (κ2) is 14.4. The van der Waals surface area contributed by atoms with Gasteiger partial charge in [-0.2, -0.15) is 0 Å². The number of carbonyl (C=O) groups excluding carboxylic acids is 4. The van der Waals surface area contributed by atoms with E-state index in [0.29, 0.717) is 28.2 Å². The van der Waals surface area contributed by atoms with E-state index < -0.39 is 29.7 Å². The Morgan fingerprint density at radius 3 is 2.13 bits per heavy atom. The van der Waals surface area contributed by atoms with Gasteiger partial charge in [0.2, 0.25) is 11.8 Å². The number of amidine groups is 1. The van der Waals surface area contributed by atoms with Crippen LogP contribution in [0.25, 0.3) is 5.57 Å². The van der Waals surface area contributed by atoms with E-state index in [4.69, 9.17) is 16.6 Å². The van der Waals surface area contributed by atoms with Crippen LogP contribution in [0, 0.1) is 16.7 Å². The molecule has 3 saturated heterocycles. The van der Waals surface area contributed by atoms with Gasteiger partial charge >= 0.3 is 0 Å². The van der Waals surface area contributed by atoms with Crippen LogP contribution in [-0.4, -0.2) is 102 Å². The summed E-state index contributed by atoms with van der Waals surface area (Å²) in [6.45, 7) is 6.28. The monoisotopic (exact) mass is 702 g/mol. The fourth-order valence-corrected chi connectivity index (χ4v) is 7.68. The summed E-state index contributed by atoms with van der Waals surface area (Å²) in [5.41, 5.74) is 10.1. The summed E-state index contributed by atoms with van der Waals surface area (Å²) in [7, 11) is 0. The Hall–Kier alpha value is -5.82. The molecule has 0 bridgehead atoms. The fourth-order valence-electron chi connectivity index (χ4n) is 7.68. The van der Waals surface area contributed by atoms with E-state index in [1.165, 1.54) is 12.1 Å². The predicted molar refractivity (Wildman–Crippen MR) is 198 cm³/mol. The highest BCUT2D eigenvalue weighted by Gasteiger charge is 2.44. The number of nitrogens with zero attached hydrogens (tertiary/aromatic N) is 4. The summed E-state index contributed by atoms with van der Waals surface area (Å²) >= 11 is 0. The lowest BCUT2D eigenvalue weighted by molar-refractivity contribution is -0.136. The molecule has 7 rings (SSSR count). The Morgan fingerprint density at radius 1 is 0.808 bits per heavy atom. The standard InChI is InChI=1S/C39H42N8O5/c40-32(29-3-1-2-4-34(29)48)22-30(36(41)42)25-5-7-26(8-6-25)45-15-13-24(14-16-45)23-44-17-19-46(20-18-44)27-9-10-28-31(21-27)39(52)47(38(28)51)33-11-12-35(49)43-37(33)50/h1-10,21-22,24,33,40,48H,11-20,23H2,(H3,41,42)(H,43,49,50)/b30-22-,40-32?. The molecule has 1 atom stereocenters. The van der Waals surface area contributed by atoms with E-state index in [9.17, 15) is 24.3 Å². The van der Waals surface area contributed by atoms with Crippen molar-refractivity contribution in [3.63, 3.8) is 0 Å². The van der Waals surface area contributed by atoms with E-state index in [2.05, 4.69) is 20.0 Å². The van der Waals surface area contributed by atoms with Crippen molar-refractivity contribution >= 4 is 52.1 Å². The first-order valence-corrected chi connectivity index (χ1v) is 17.7. The van der Waals surface area contributed by atoms with Crippen LogP contribution >= 0.6 is 0 Å². The van der Waals surface area contributed by atoms with Crippen molar-refractivity contribution in [1.82, 2.24) is 15.1 Å². The number of hydrogen-bond acceptors (Lipinski definition) is 10. The third-order valence-electron chi connectivity index (χ3n) is 10.6. The zero-order valence-corrected chi connectivity index (χ0v) is 28.8. The van der Waals surface area contributed by atoms with E-state index in [1.54, 1.807) is 30.3 Å². The van der Waals surface area contributed by atoms with Crippen molar-refractivity contribution in [2.75, 3.05) is 55.6 Å². The molecule has 13 heteroatoms. The number of allylic oxidation sites excluding steroid dienone is 1. The van der Waals surface area contributed by atoms with Crippen LogP contribution in [0.15, 0.2) is 72.8 Å². The Bertz CT molecular complexity index is 1980. The quantitative estimate of drug-likeness (QED) is 0.127. The van der Waals surface area contributed by atoms with Gasteiger partial charge in [-0.25, -0.2) is 0 Å². The Morgan fingerprint density at radius 2 is 1.46 bits per heavy atom. The molecule has 0 aromatic heterocycles. The van der Waals surface area contributed by atoms with Crippen molar-refractivity contribution in [2.24, 2.45) is 11.7 Å². The summed E-state index contributed by atoms with van der Waals surface area (Å²) in [5.74, 6) is -1.55. The summed E-state index contributed by atoms with van der Waals surface area (Å²) in [5, 5.41) is 28.9. The second-order valence-corrected chi connectivity index (χ2v) is 13.8. The third kappa shape index (κ3) is 6.91. The number of piperazine rings is 1. The smallest absolute Gasteiger partial charge is 0.262 e. The molecule has 0 spiro atoms. The number of anilines is 2. The molecule has 3 fully saturated rings. The van der Waals surface area contributed by atoms with Crippen molar-refractivity contribution in [1.29, 1.82) is 10.8 Å². The Balaban J connectivity index is 0.899. The number of aromatic hydroxyl groups is 1. The molecule has 3 aromatic carbocycles. The normalized spacial score (nSPS) is 20.3. The highest BCUT2D eigenvalue weighted by atomic mass is 16.3. The first-order chi connectivity index (χ1) is 25.1. The van der Waals surface area contributed by atoms with Gasteiger partial charge in [-0.05, 0) is 79.3 Å². The Kier molecular flexibility index (Phi) is 9.61. The maximum absolute atomic E-state index is 13.3. The molecule has 3 aromatic rings. The molecule has 52 heavy (non-hydrogen) atoms. The number of fused-ring (bicyclic) bond motifs is 1. The largest absolute Gasteiger partial charge is 0.507 e. The molecule has 0 saturated carbocycles. The molecule has 268 valence electrons. The van der Waals surface area contributed by atoms with Crippen LogP contribution in [0.5, 0.6) is 5.75 Å². The maximum Gasteiger partial charge on any atom is 0.262 e. The van der Waals surface area contributed by atoms with Crippen LogP contribution in [0.2, 0.25) is 0 Å². The average Bonchev–Trinajstić information content (AvgIpc) is 3.39. The molecule has 4 amide bonds. The number of nitrogens with one attached hydrogen (secondary N) is 3. The minimum Gasteiger partial charge on any atom is -0.507 e. The van der Waals surface area contributed by atoms with E-state index in [-0.39, 0.29) is 30.1 Å². The van der Waals surface area contributed by atoms with Gasteiger partial charge in [0.25, 0.3) is 11.8 Å². The van der Waals surface area contributed by atoms with Crippen LogP contribution < -0.4 is 20.9 Å². The lowest BCUT2D eigenvalue weighted by atomic mass is 9.95. The van der Waals surface area contributed by atoms with Gasteiger partial charge in [-0.1, -0.05) is 24.3 Å². The van der Waals surface area contributed by atoms with Crippen LogP contribution in [0.1, 0.15) is 57.5 Å². The third-order valence-corrected chi connectivity index (χ3v) is 10.6. The lowest BCUT2D eigenvalue weighted by Gasteiger charge is -2.40. The average molecular weight is 703 g/mol. The molecule has 4 heterocycles.